The molecule has 0 radical (unpaired) electrons. The lowest BCUT2D eigenvalue weighted by Crippen LogP contribution is -2.21. The molecule has 1 aromatic heterocycles. The van der Waals surface area contributed by atoms with Gasteiger partial charge in [0, 0.05) is 36.0 Å². The molecule has 1 atom stereocenters. The Morgan fingerprint density at radius 1 is 1.19 bits per heavy atom. The number of hydrogen-bond donors (Lipinski definition) is 2. The van der Waals surface area contributed by atoms with E-state index in [1.54, 1.807) is 6.07 Å². The van der Waals surface area contributed by atoms with Crippen molar-refractivity contribution < 1.29 is 22.1 Å². The molecule has 5 rings (SSSR count). The first-order chi connectivity index (χ1) is 13.0. The molecular weight excluding hydrogens is 368 g/mol. The van der Waals surface area contributed by atoms with Crippen molar-refractivity contribution in [3.63, 3.8) is 0 Å². The molecular formula is C19H18N2O5S. The maximum Gasteiger partial charge on any atom is 0.297 e. The first-order valence-corrected chi connectivity index (χ1v) is 10.2. The molecule has 0 fully saturated rings. The largest absolute Gasteiger partial charge is 0.493 e. The van der Waals surface area contributed by atoms with Crippen molar-refractivity contribution in [3.05, 3.63) is 52.9 Å². The summed E-state index contributed by atoms with van der Waals surface area (Å²) in [6, 6.07) is 3.17. The van der Waals surface area contributed by atoms with Gasteiger partial charge in [-0.15, -0.1) is 0 Å². The van der Waals surface area contributed by atoms with Gasteiger partial charge in [-0.3, -0.25) is 8.98 Å². The summed E-state index contributed by atoms with van der Waals surface area (Å²) in [5, 5.41) is 2.90. The molecule has 1 amide bonds. The first kappa shape index (κ1) is 16.6. The van der Waals surface area contributed by atoms with Crippen molar-refractivity contribution in [2.24, 2.45) is 0 Å². The second-order valence-electron chi connectivity index (χ2n) is 6.96. The molecule has 140 valence electrons. The van der Waals surface area contributed by atoms with E-state index < -0.39 is 16.0 Å². The van der Waals surface area contributed by atoms with Crippen LogP contribution in [0.3, 0.4) is 0 Å². The highest BCUT2D eigenvalue weighted by molar-refractivity contribution is 7.86. The van der Waals surface area contributed by atoms with Gasteiger partial charge >= 0.3 is 0 Å². The number of hydrogen-bond acceptors (Lipinski definition) is 5. The molecule has 2 N–H and O–H groups in total. The predicted molar refractivity (Wildman–Crippen MR) is 97.8 cm³/mol. The van der Waals surface area contributed by atoms with Crippen LogP contribution in [0.25, 0.3) is 5.76 Å². The summed E-state index contributed by atoms with van der Waals surface area (Å²) in [5.41, 5.74) is 5.19. The lowest BCUT2D eigenvalue weighted by molar-refractivity contribution is -0.117. The van der Waals surface area contributed by atoms with Gasteiger partial charge in [0.05, 0.1) is 24.0 Å². The summed E-state index contributed by atoms with van der Waals surface area (Å²) < 4.78 is 34.9. The van der Waals surface area contributed by atoms with E-state index in [4.69, 9.17) is 8.92 Å². The van der Waals surface area contributed by atoms with Crippen LogP contribution in [0, 0.1) is 0 Å². The lowest BCUT2D eigenvalue weighted by Gasteiger charge is -2.21. The number of carbonyl (C=O) groups excluding carboxylic acids is 1. The Bertz CT molecular complexity index is 1100. The number of aromatic nitrogens is 1. The molecule has 0 saturated heterocycles. The van der Waals surface area contributed by atoms with Crippen molar-refractivity contribution in [3.8, 4) is 0 Å². The molecule has 0 spiro atoms. The van der Waals surface area contributed by atoms with E-state index in [9.17, 15) is 13.2 Å². The average molecular weight is 386 g/mol. The topological polar surface area (TPSA) is 97.5 Å². The van der Waals surface area contributed by atoms with E-state index in [0.717, 1.165) is 28.8 Å². The lowest BCUT2D eigenvalue weighted by atomic mass is 9.88. The zero-order valence-electron chi connectivity index (χ0n) is 14.5. The number of rotatable bonds is 2. The number of ether oxygens (including phenoxy) is 1. The molecule has 3 aliphatic heterocycles. The van der Waals surface area contributed by atoms with Crippen molar-refractivity contribution in [2.45, 2.75) is 30.1 Å². The highest BCUT2D eigenvalue weighted by Crippen LogP contribution is 2.42. The van der Waals surface area contributed by atoms with Gasteiger partial charge in [-0.25, -0.2) is 0 Å². The normalized spacial score (nSPS) is 22.4. The second-order valence-corrected chi connectivity index (χ2v) is 8.54. The molecule has 3 aliphatic rings. The summed E-state index contributed by atoms with van der Waals surface area (Å²) in [6.45, 7) is 4.59. The molecule has 4 heterocycles. The monoisotopic (exact) mass is 386 g/mol. The Balaban J connectivity index is 1.59. The first-order valence-electron chi connectivity index (χ1n) is 8.83. The maximum atomic E-state index is 12.7. The number of H-pyrrole nitrogens is 1. The van der Waals surface area contributed by atoms with Crippen molar-refractivity contribution in [1.29, 1.82) is 0 Å². The quantitative estimate of drug-likeness (QED) is 0.771. The molecule has 8 heteroatoms. The van der Waals surface area contributed by atoms with E-state index in [0.29, 0.717) is 36.5 Å². The van der Waals surface area contributed by atoms with Crippen LogP contribution >= 0.6 is 0 Å². The zero-order valence-corrected chi connectivity index (χ0v) is 15.3. The average Bonchev–Trinajstić information content (AvgIpc) is 3.17. The van der Waals surface area contributed by atoms with E-state index >= 15 is 0 Å². The molecule has 7 nitrogen and oxygen atoms in total. The van der Waals surface area contributed by atoms with Gasteiger partial charge < -0.3 is 15.0 Å². The predicted octanol–water partition coefficient (Wildman–Crippen LogP) is 2.10. The van der Waals surface area contributed by atoms with Crippen LogP contribution in [-0.2, 0) is 43.1 Å². The fourth-order valence-electron chi connectivity index (χ4n) is 4.28. The standard InChI is InChI=1S/C19H18N2O5S/c1-10-14-9-20-16(11(14)4-6-25-10)8-13-18-12-5-7-26-27(23,24)17(12)3-2-15(18)21-19(13)22/h2-3,9,13,20H,1,4-8H2,(H,21,22). The van der Waals surface area contributed by atoms with E-state index in [2.05, 4.69) is 16.9 Å². The Labute approximate surface area is 156 Å². The van der Waals surface area contributed by atoms with Crippen LogP contribution in [0.5, 0.6) is 0 Å². The van der Waals surface area contributed by atoms with E-state index in [1.165, 1.54) is 6.07 Å². The van der Waals surface area contributed by atoms with Gasteiger partial charge in [0.15, 0.2) is 0 Å². The fraction of sp³-hybridized carbons (Fsp3) is 0.316. The molecule has 0 aliphatic carbocycles. The van der Waals surface area contributed by atoms with Gasteiger partial charge in [0.25, 0.3) is 10.1 Å². The van der Waals surface area contributed by atoms with Crippen molar-refractivity contribution >= 4 is 27.5 Å². The summed E-state index contributed by atoms with van der Waals surface area (Å²) in [6.07, 6.45) is 3.55. The van der Waals surface area contributed by atoms with Gasteiger partial charge in [0.2, 0.25) is 5.91 Å². The Morgan fingerprint density at radius 3 is 2.85 bits per heavy atom. The number of nitrogens with one attached hydrogen (secondary N) is 2. The maximum absolute atomic E-state index is 12.7. The molecule has 1 unspecified atom stereocenters. The number of aromatic amines is 1. The summed E-state index contributed by atoms with van der Waals surface area (Å²) in [4.78, 5) is 16.1. The molecule has 2 aromatic rings. The second kappa shape index (κ2) is 5.71. The molecule has 0 bridgehead atoms. The number of amides is 1. The Kier molecular flexibility index (Phi) is 3.50. The third kappa shape index (κ3) is 2.44. The highest BCUT2D eigenvalue weighted by Gasteiger charge is 2.38. The highest BCUT2D eigenvalue weighted by atomic mass is 32.2. The van der Waals surface area contributed by atoms with Crippen molar-refractivity contribution in [1.82, 2.24) is 4.98 Å². The summed E-state index contributed by atoms with van der Waals surface area (Å²) in [5.74, 6) is 0.0780. The fourth-order valence-corrected chi connectivity index (χ4v) is 5.46. The van der Waals surface area contributed by atoms with Gasteiger partial charge in [0.1, 0.15) is 5.76 Å². The van der Waals surface area contributed by atoms with Crippen LogP contribution in [-0.4, -0.2) is 32.5 Å². The van der Waals surface area contributed by atoms with Crippen molar-refractivity contribution in [2.75, 3.05) is 18.5 Å². The number of benzene rings is 1. The third-order valence-corrected chi connectivity index (χ3v) is 6.91. The molecule has 0 saturated carbocycles. The summed E-state index contributed by atoms with van der Waals surface area (Å²) in [7, 11) is -3.76. The smallest absolute Gasteiger partial charge is 0.297 e. The minimum Gasteiger partial charge on any atom is -0.493 e. The minimum atomic E-state index is -3.76. The number of carbonyl (C=O) groups is 1. The third-order valence-electron chi connectivity index (χ3n) is 5.51. The zero-order chi connectivity index (χ0) is 18.8. The van der Waals surface area contributed by atoms with Gasteiger partial charge in [-0.2, -0.15) is 8.42 Å². The van der Waals surface area contributed by atoms with Gasteiger partial charge in [-0.05, 0) is 35.2 Å². The van der Waals surface area contributed by atoms with E-state index in [-0.39, 0.29) is 17.4 Å². The van der Waals surface area contributed by atoms with Crippen LogP contribution in [0.15, 0.2) is 29.8 Å². The SMILES string of the molecule is C=C1OCCc2c1c[nH]c2CC1C(=O)Nc2ccc3c(c21)CCOS3(=O)=O. The van der Waals surface area contributed by atoms with E-state index in [1.807, 2.05) is 6.20 Å². The minimum absolute atomic E-state index is 0.0990. The molecule has 1 aromatic carbocycles. The van der Waals surface area contributed by atoms with Crippen LogP contribution < -0.4 is 5.32 Å². The number of fused-ring (bicyclic) bond motifs is 4. The van der Waals surface area contributed by atoms with Crippen LogP contribution in [0.2, 0.25) is 0 Å². The Hall–Kier alpha value is -2.58. The van der Waals surface area contributed by atoms with Crippen LogP contribution in [0.4, 0.5) is 5.69 Å². The number of anilines is 1. The Morgan fingerprint density at radius 2 is 2.00 bits per heavy atom. The summed E-state index contributed by atoms with van der Waals surface area (Å²) >= 11 is 0. The van der Waals surface area contributed by atoms with Gasteiger partial charge in [-0.1, -0.05) is 6.58 Å². The van der Waals surface area contributed by atoms with Crippen LogP contribution in [0.1, 0.15) is 33.9 Å². The molecule has 27 heavy (non-hydrogen) atoms.